The van der Waals surface area contributed by atoms with Crippen LogP contribution in [0.1, 0.15) is 31.9 Å². The van der Waals surface area contributed by atoms with Gasteiger partial charge in [-0.2, -0.15) is 5.26 Å². The number of benzene rings is 2. The highest BCUT2D eigenvalue weighted by Gasteiger charge is 2.24. The molecule has 0 saturated heterocycles. The molecule has 0 aliphatic carbocycles. The van der Waals surface area contributed by atoms with Crippen molar-refractivity contribution in [3.05, 3.63) is 45.9 Å². The Labute approximate surface area is 190 Å². The Bertz CT molecular complexity index is 1000. The summed E-state index contributed by atoms with van der Waals surface area (Å²) in [5, 5.41) is 12.0. The molecule has 31 heavy (non-hydrogen) atoms. The third-order valence-electron chi connectivity index (χ3n) is 4.84. The van der Waals surface area contributed by atoms with E-state index in [1.807, 2.05) is 39.0 Å². The van der Waals surface area contributed by atoms with Gasteiger partial charge < -0.3 is 24.3 Å². The van der Waals surface area contributed by atoms with Crippen LogP contribution in [0.3, 0.4) is 0 Å². The maximum absolute atomic E-state index is 12.4. The largest absolute Gasteiger partial charge is 0.490 e. The Morgan fingerprint density at radius 1 is 1.19 bits per heavy atom. The number of carbonyl (C=O) groups is 1. The van der Waals surface area contributed by atoms with Gasteiger partial charge in [0.25, 0.3) is 5.91 Å². The molecule has 2 aromatic carbocycles. The number of hydrogen-bond donors (Lipinski definition) is 1. The molecule has 0 unspecified atom stereocenters. The van der Waals surface area contributed by atoms with Crippen molar-refractivity contribution in [3.8, 4) is 29.1 Å². The molecule has 1 aliphatic heterocycles. The first-order valence-corrected chi connectivity index (χ1v) is 10.8. The number of nitrogens with one attached hydrogen (secondary N) is 1. The molecule has 1 N–H and O–H groups in total. The number of fused-ring (bicyclic) bond motifs is 1. The summed E-state index contributed by atoms with van der Waals surface area (Å²) in [4.78, 5) is 12.4. The molecule has 0 bridgehead atoms. The van der Waals surface area contributed by atoms with Gasteiger partial charge in [0.1, 0.15) is 13.2 Å². The van der Waals surface area contributed by atoms with E-state index in [2.05, 4.69) is 27.3 Å². The zero-order valence-corrected chi connectivity index (χ0v) is 19.4. The first kappa shape index (κ1) is 22.8. The minimum absolute atomic E-state index is 0.179. The number of nitrogens with zero attached hydrogens (tertiary/aromatic N) is 1. The van der Waals surface area contributed by atoms with Gasteiger partial charge in [-0.05, 0) is 46.6 Å². The lowest BCUT2D eigenvalue weighted by Gasteiger charge is -2.28. The second-order valence-corrected chi connectivity index (χ2v) is 8.49. The smallest absolute Gasteiger partial charge is 0.257 e. The summed E-state index contributed by atoms with van der Waals surface area (Å²) in [5.41, 5.74) is 1.15. The van der Waals surface area contributed by atoms with E-state index in [1.165, 1.54) is 0 Å². The fourth-order valence-corrected chi connectivity index (χ4v) is 3.67. The predicted molar refractivity (Wildman–Crippen MR) is 119 cm³/mol. The highest BCUT2D eigenvalue weighted by molar-refractivity contribution is 9.10. The van der Waals surface area contributed by atoms with Crippen LogP contribution in [0.4, 0.5) is 0 Å². The lowest BCUT2D eigenvalue weighted by Crippen LogP contribution is -2.39. The van der Waals surface area contributed by atoms with Crippen LogP contribution >= 0.6 is 15.9 Å². The number of halogens is 1. The van der Waals surface area contributed by atoms with Crippen molar-refractivity contribution in [2.75, 3.05) is 33.0 Å². The summed E-state index contributed by atoms with van der Waals surface area (Å²) in [7, 11) is 0. The topological polar surface area (TPSA) is 89.8 Å². The number of amides is 1. The minimum Gasteiger partial charge on any atom is -0.490 e. The maximum Gasteiger partial charge on any atom is 0.257 e. The fourth-order valence-electron chi connectivity index (χ4n) is 3.11. The molecule has 0 aromatic heterocycles. The Hall–Kier alpha value is -2.92. The molecule has 8 heteroatoms. The third-order valence-corrected chi connectivity index (χ3v) is 5.43. The van der Waals surface area contributed by atoms with Crippen LogP contribution in [0, 0.1) is 11.3 Å². The van der Waals surface area contributed by atoms with E-state index in [0.717, 1.165) is 17.1 Å². The van der Waals surface area contributed by atoms with Crippen LogP contribution in [0.5, 0.6) is 23.0 Å². The van der Waals surface area contributed by atoms with E-state index in [9.17, 15) is 4.79 Å². The Kier molecular flexibility index (Phi) is 7.29. The van der Waals surface area contributed by atoms with Gasteiger partial charge in [-0.1, -0.05) is 19.9 Å². The van der Waals surface area contributed by atoms with Gasteiger partial charge in [0, 0.05) is 18.0 Å². The molecule has 3 rings (SSSR count). The van der Waals surface area contributed by atoms with Crippen LogP contribution in [0.25, 0.3) is 0 Å². The van der Waals surface area contributed by atoms with Gasteiger partial charge in [-0.25, -0.2) is 0 Å². The molecule has 0 fully saturated rings. The van der Waals surface area contributed by atoms with Crippen molar-refractivity contribution in [2.45, 2.75) is 26.2 Å². The minimum atomic E-state index is -0.322. The SMILES string of the molecule is CCOc1cc(C#N)cc(Br)c1OCC(=O)NCC(C)(C)c1ccc2c(c1)OCCO2. The van der Waals surface area contributed by atoms with Crippen molar-refractivity contribution in [1.29, 1.82) is 5.26 Å². The summed E-state index contributed by atoms with van der Waals surface area (Å²) in [5.74, 6) is 2.01. The number of carbonyl (C=O) groups excluding carboxylic acids is 1. The zero-order valence-electron chi connectivity index (χ0n) is 17.8. The third kappa shape index (κ3) is 5.61. The van der Waals surface area contributed by atoms with Crippen molar-refractivity contribution in [2.24, 2.45) is 0 Å². The Morgan fingerprint density at radius 2 is 1.94 bits per heavy atom. The van der Waals surface area contributed by atoms with Crippen LogP contribution in [-0.4, -0.2) is 38.9 Å². The van der Waals surface area contributed by atoms with Gasteiger partial charge in [-0.15, -0.1) is 0 Å². The number of ether oxygens (including phenoxy) is 4. The van der Waals surface area contributed by atoms with Crippen molar-refractivity contribution in [1.82, 2.24) is 5.32 Å². The molecule has 0 spiro atoms. The molecule has 1 heterocycles. The van der Waals surface area contributed by atoms with E-state index in [1.54, 1.807) is 12.1 Å². The van der Waals surface area contributed by atoms with Crippen LogP contribution in [0.15, 0.2) is 34.8 Å². The van der Waals surface area contributed by atoms with Gasteiger partial charge in [0.05, 0.1) is 22.7 Å². The molecule has 0 atom stereocenters. The monoisotopic (exact) mass is 488 g/mol. The Morgan fingerprint density at radius 3 is 2.65 bits per heavy atom. The summed E-state index contributed by atoms with van der Waals surface area (Å²) in [6, 6.07) is 11.1. The lowest BCUT2D eigenvalue weighted by molar-refractivity contribution is -0.123. The molecule has 1 amide bonds. The van der Waals surface area contributed by atoms with Crippen molar-refractivity contribution in [3.63, 3.8) is 0 Å². The quantitative estimate of drug-likeness (QED) is 0.604. The number of rotatable bonds is 8. The van der Waals surface area contributed by atoms with Crippen molar-refractivity contribution < 1.29 is 23.7 Å². The Balaban J connectivity index is 1.61. The molecule has 1 aliphatic rings. The molecule has 2 aromatic rings. The van der Waals surface area contributed by atoms with Gasteiger partial charge in [-0.3, -0.25) is 4.79 Å². The predicted octanol–water partition coefficient (Wildman–Crippen LogP) is 3.96. The van der Waals surface area contributed by atoms with Crippen LogP contribution in [0.2, 0.25) is 0 Å². The average molecular weight is 489 g/mol. The van der Waals surface area contributed by atoms with E-state index < -0.39 is 0 Å². The second kappa shape index (κ2) is 9.92. The van der Waals surface area contributed by atoms with E-state index in [-0.39, 0.29) is 17.9 Å². The fraction of sp³-hybridized carbons (Fsp3) is 0.391. The second-order valence-electron chi connectivity index (χ2n) is 7.64. The number of hydrogen-bond acceptors (Lipinski definition) is 6. The average Bonchev–Trinajstić information content (AvgIpc) is 2.76. The highest BCUT2D eigenvalue weighted by atomic mass is 79.9. The highest BCUT2D eigenvalue weighted by Crippen LogP contribution is 2.37. The van der Waals surface area contributed by atoms with Crippen LogP contribution in [-0.2, 0) is 10.2 Å². The first-order chi connectivity index (χ1) is 14.8. The lowest BCUT2D eigenvalue weighted by atomic mass is 9.84. The molecule has 0 saturated carbocycles. The summed E-state index contributed by atoms with van der Waals surface area (Å²) < 4.78 is 23.0. The zero-order chi connectivity index (χ0) is 22.4. The molecular formula is C23H25BrN2O5. The first-order valence-electron chi connectivity index (χ1n) is 10.00. The van der Waals surface area contributed by atoms with Gasteiger partial charge in [0.15, 0.2) is 29.6 Å². The molecule has 0 radical (unpaired) electrons. The van der Waals surface area contributed by atoms with Gasteiger partial charge in [0.2, 0.25) is 0 Å². The molecule has 164 valence electrons. The molecule has 7 nitrogen and oxygen atoms in total. The van der Waals surface area contributed by atoms with E-state index >= 15 is 0 Å². The summed E-state index contributed by atoms with van der Waals surface area (Å²) >= 11 is 3.38. The summed E-state index contributed by atoms with van der Waals surface area (Å²) in [6.07, 6.45) is 0. The maximum atomic E-state index is 12.4. The van der Waals surface area contributed by atoms with Crippen molar-refractivity contribution >= 4 is 21.8 Å². The van der Waals surface area contributed by atoms with Crippen LogP contribution < -0.4 is 24.3 Å². The molecular weight excluding hydrogens is 464 g/mol. The normalized spacial score (nSPS) is 12.6. The number of nitriles is 1. The van der Waals surface area contributed by atoms with E-state index in [4.69, 9.17) is 24.2 Å². The van der Waals surface area contributed by atoms with Gasteiger partial charge >= 0.3 is 0 Å². The standard InChI is InChI=1S/C23H25BrN2O5/c1-4-28-20-10-15(12-25)9-17(24)22(20)31-13-21(27)26-14-23(2,3)16-5-6-18-19(11-16)30-8-7-29-18/h5-6,9-11H,4,7-8,13-14H2,1-3H3,(H,26,27). The summed E-state index contributed by atoms with van der Waals surface area (Å²) in [6.45, 7) is 7.65. The van der Waals surface area contributed by atoms with E-state index in [0.29, 0.717) is 47.9 Å².